The van der Waals surface area contributed by atoms with Crippen molar-refractivity contribution in [2.24, 2.45) is 0 Å². The van der Waals surface area contributed by atoms with Gasteiger partial charge in [0.05, 0.1) is 0 Å². The van der Waals surface area contributed by atoms with Crippen molar-refractivity contribution >= 4 is 0 Å². The average Bonchev–Trinajstić information content (AvgIpc) is 2.79. The van der Waals surface area contributed by atoms with Crippen molar-refractivity contribution in [1.29, 1.82) is 0 Å². The van der Waals surface area contributed by atoms with Gasteiger partial charge >= 0.3 is 0 Å². The van der Waals surface area contributed by atoms with Crippen molar-refractivity contribution in [1.82, 2.24) is 20.1 Å². The highest BCUT2D eigenvalue weighted by atomic mass is 15.3. The average molecular weight is 230 g/mol. The molecule has 0 aliphatic heterocycles. The van der Waals surface area contributed by atoms with Crippen LogP contribution in [0.25, 0.3) is 5.82 Å². The molecule has 2 aromatic heterocycles. The number of aromatic nitrogens is 3. The van der Waals surface area contributed by atoms with E-state index in [2.05, 4.69) is 41.4 Å². The number of aryl methyl sites for hydroxylation is 1. The standard InChI is InChI=1S/C13H18N4/c1-10(2)14-9-12-7-11(3)16-13(8-12)17-6-4-5-15-17/h4-8,10,14H,9H2,1-3H3. The van der Waals surface area contributed by atoms with Gasteiger partial charge in [-0.25, -0.2) is 9.67 Å². The van der Waals surface area contributed by atoms with Crippen LogP contribution in [0.5, 0.6) is 0 Å². The van der Waals surface area contributed by atoms with E-state index < -0.39 is 0 Å². The Morgan fingerprint density at radius 2 is 2.18 bits per heavy atom. The summed E-state index contributed by atoms with van der Waals surface area (Å²) < 4.78 is 1.78. The summed E-state index contributed by atoms with van der Waals surface area (Å²) in [6.07, 6.45) is 3.66. The Bertz CT molecular complexity index is 474. The van der Waals surface area contributed by atoms with Gasteiger partial charge in [0.15, 0.2) is 5.82 Å². The fourth-order valence-electron chi connectivity index (χ4n) is 1.67. The van der Waals surface area contributed by atoms with E-state index in [0.29, 0.717) is 6.04 Å². The lowest BCUT2D eigenvalue weighted by Crippen LogP contribution is -2.22. The molecule has 0 aliphatic rings. The molecule has 0 atom stereocenters. The van der Waals surface area contributed by atoms with Gasteiger partial charge in [-0.3, -0.25) is 0 Å². The van der Waals surface area contributed by atoms with Gasteiger partial charge in [-0.2, -0.15) is 5.10 Å². The van der Waals surface area contributed by atoms with Gasteiger partial charge in [0.2, 0.25) is 0 Å². The maximum absolute atomic E-state index is 4.48. The molecule has 4 nitrogen and oxygen atoms in total. The molecule has 0 saturated heterocycles. The van der Waals surface area contributed by atoms with E-state index in [1.165, 1.54) is 5.56 Å². The van der Waals surface area contributed by atoms with Crippen molar-refractivity contribution in [2.75, 3.05) is 0 Å². The molecule has 0 amide bonds. The second-order valence-corrected chi connectivity index (χ2v) is 4.46. The molecular formula is C13H18N4. The molecule has 0 aliphatic carbocycles. The molecule has 0 radical (unpaired) electrons. The fraction of sp³-hybridized carbons (Fsp3) is 0.385. The second-order valence-electron chi connectivity index (χ2n) is 4.46. The Morgan fingerprint density at radius 1 is 1.35 bits per heavy atom. The van der Waals surface area contributed by atoms with E-state index in [1.54, 1.807) is 10.9 Å². The lowest BCUT2D eigenvalue weighted by molar-refractivity contribution is 0.588. The van der Waals surface area contributed by atoms with Gasteiger partial charge in [0, 0.05) is 30.7 Å². The number of hydrogen-bond acceptors (Lipinski definition) is 3. The number of hydrogen-bond donors (Lipinski definition) is 1. The summed E-state index contributed by atoms with van der Waals surface area (Å²) in [5.74, 6) is 0.871. The first kappa shape index (κ1) is 11.8. The molecule has 4 heteroatoms. The van der Waals surface area contributed by atoms with Crippen LogP contribution in [0, 0.1) is 6.92 Å². The molecular weight excluding hydrogens is 212 g/mol. The topological polar surface area (TPSA) is 42.7 Å². The van der Waals surface area contributed by atoms with Crippen molar-refractivity contribution in [3.05, 3.63) is 41.9 Å². The molecule has 2 rings (SSSR count). The molecule has 0 spiro atoms. The largest absolute Gasteiger partial charge is 0.310 e. The quantitative estimate of drug-likeness (QED) is 0.874. The maximum Gasteiger partial charge on any atom is 0.153 e. The molecule has 0 bridgehead atoms. The normalized spacial score (nSPS) is 11.1. The minimum atomic E-state index is 0.483. The van der Waals surface area contributed by atoms with Crippen LogP contribution in [0.4, 0.5) is 0 Å². The van der Waals surface area contributed by atoms with E-state index >= 15 is 0 Å². The highest BCUT2D eigenvalue weighted by Crippen LogP contribution is 2.09. The van der Waals surface area contributed by atoms with E-state index in [4.69, 9.17) is 0 Å². The molecule has 17 heavy (non-hydrogen) atoms. The van der Waals surface area contributed by atoms with Gasteiger partial charge < -0.3 is 5.32 Å². The summed E-state index contributed by atoms with van der Waals surface area (Å²) in [4.78, 5) is 4.48. The van der Waals surface area contributed by atoms with Gasteiger partial charge in [-0.05, 0) is 30.7 Å². The minimum absolute atomic E-state index is 0.483. The molecule has 1 N–H and O–H groups in total. The highest BCUT2D eigenvalue weighted by Gasteiger charge is 2.03. The molecule has 0 saturated carbocycles. The van der Waals surface area contributed by atoms with Crippen LogP contribution in [0.15, 0.2) is 30.6 Å². The third-order valence-corrected chi connectivity index (χ3v) is 2.45. The van der Waals surface area contributed by atoms with Crippen molar-refractivity contribution in [3.63, 3.8) is 0 Å². The molecule has 2 aromatic rings. The zero-order valence-corrected chi connectivity index (χ0v) is 10.5. The molecule has 0 unspecified atom stereocenters. The van der Waals surface area contributed by atoms with E-state index in [9.17, 15) is 0 Å². The minimum Gasteiger partial charge on any atom is -0.310 e. The lowest BCUT2D eigenvalue weighted by atomic mass is 10.2. The molecule has 0 fully saturated rings. The third-order valence-electron chi connectivity index (χ3n) is 2.45. The van der Waals surface area contributed by atoms with E-state index in [0.717, 1.165) is 18.1 Å². The second kappa shape index (κ2) is 5.10. The molecule has 90 valence electrons. The predicted molar refractivity (Wildman–Crippen MR) is 68.1 cm³/mol. The summed E-state index contributed by atoms with van der Waals surface area (Å²) in [6, 6.07) is 6.55. The van der Waals surface area contributed by atoms with Crippen LogP contribution >= 0.6 is 0 Å². The number of nitrogens with one attached hydrogen (secondary N) is 1. The van der Waals surface area contributed by atoms with Crippen LogP contribution in [0.2, 0.25) is 0 Å². The third kappa shape index (κ3) is 3.14. The summed E-state index contributed by atoms with van der Waals surface area (Å²) >= 11 is 0. The summed E-state index contributed by atoms with van der Waals surface area (Å²) in [5.41, 5.74) is 2.25. The smallest absolute Gasteiger partial charge is 0.153 e. The van der Waals surface area contributed by atoms with Crippen LogP contribution in [-0.4, -0.2) is 20.8 Å². The Hall–Kier alpha value is -1.68. The molecule has 0 aromatic carbocycles. The van der Waals surface area contributed by atoms with Gasteiger partial charge in [-0.15, -0.1) is 0 Å². The number of nitrogens with zero attached hydrogens (tertiary/aromatic N) is 3. The Labute approximate surface area is 102 Å². The van der Waals surface area contributed by atoms with Crippen molar-refractivity contribution in [3.8, 4) is 5.82 Å². The monoisotopic (exact) mass is 230 g/mol. The fourth-order valence-corrected chi connectivity index (χ4v) is 1.67. The highest BCUT2D eigenvalue weighted by molar-refractivity contribution is 5.30. The lowest BCUT2D eigenvalue weighted by Gasteiger charge is -2.10. The first-order valence-corrected chi connectivity index (χ1v) is 5.86. The summed E-state index contributed by atoms with van der Waals surface area (Å²) in [7, 11) is 0. The summed E-state index contributed by atoms with van der Waals surface area (Å²) in [6.45, 7) is 7.14. The maximum atomic E-state index is 4.48. The van der Waals surface area contributed by atoms with Crippen LogP contribution in [0.3, 0.4) is 0 Å². The van der Waals surface area contributed by atoms with Gasteiger partial charge in [-0.1, -0.05) is 13.8 Å². The SMILES string of the molecule is Cc1cc(CNC(C)C)cc(-n2cccn2)n1. The number of rotatable bonds is 4. The van der Waals surface area contributed by atoms with Crippen molar-refractivity contribution in [2.45, 2.75) is 33.4 Å². The predicted octanol–water partition coefficient (Wildman–Crippen LogP) is 2.07. The van der Waals surface area contributed by atoms with Crippen LogP contribution in [-0.2, 0) is 6.54 Å². The van der Waals surface area contributed by atoms with Crippen molar-refractivity contribution < 1.29 is 0 Å². The van der Waals surface area contributed by atoms with Crippen LogP contribution in [0.1, 0.15) is 25.1 Å². The van der Waals surface area contributed by atoms with Gasteiger partial charge in [0.25, 0.3) is 0 Å². The molecule has 2 heterocycles. The number of pyridine rings is 1. The zero-order valence-electron chi connectivity index (χ0n) is 10.5. The van der Waals surface area contributed by atoms with E-state index in [-0.39, 0.29) is 0 Å². The van der Waals surface area contributed by atoms with Crippen LogP contribution < -0.4 is 5.32 Å². The Morgan fingerprint density at radius 3 is 2.82 bits per heavy atom. The Balaban J connectivity index is 2.24. The van der Waals surface area contributed by atoms with E-state index in [1.807, 2.05) is 19.2 Å². The first-order chi connectivity index (χ1) is 8.15. The van der Waals surface area contributed by atoms with Gasteiger partial charge in [0.1, 0.15) is 0 Å². The first-order valence-electron chi connectivity index (χ1n) is 5.86. The summed E-state index contributed by atoms with van der Waals surface area (Å²) in [5, 5.41) is 7.60. The zero-order chi connectivity index (χ0) is 12.3. The Kier molecular flexibility index (Phi) is 3.54.